The second-order valence-corrected chi connectivity index (χ2v) is 11.1. The van der Waals surface area contributed by atoms with Crippen molar-refractivity contribution in [3.63, 3.8) is 0 Å². The molecule has 1 saturated carbocycles. The maximum absolute atomic E-state index is 13.5. The van der Waals surface area contributed by atoms with Gasteiger partial charge in [-0.3, -0.25) is 0 Å². The summed E-state index contributed by atoms with van der Waals surface area (Å²) in [4.78, 5) is 17.0. The Balaban J connectivity index is 1.22. The predicted molar refractivity (Wildman–Crippen MR) is 159 cm³/mol. The fraction of sp³-hybridized carbons (Fsp3) is 0.353. The summed E-state index contributed by atoms with van der Waals surface area (Å²) in [5.41, 5.74) is 9.34. The quantitative estimate of drug-likeness (QED) is 0.271. The third kappa shape index (κ3) is 5.40. The molecule has 4 aromatic rings. The highest BCUT2D eigenvalue weighted by Gasteiger charge is 2.26. The van der Waals surface area contributed by atoms with Crippen LogP contribution in [0.1, 0.15) is 80.4 Å². The number of benzene rings is 2. The Hall–Kier alpha value is -3.73. The van der Waals surface area contributed by atoms with Gasteiger partial charge in [-0.05, 0) is 92.0 Å². The van der Waals surface area contributed by atoms with E-state index in [9.17, 15) is 4.39 Å². The molecule has 1 fully saturated rings. The molecule has 200 valence electrons. The summed E-state index contributed by atoms with van der Waals surface area (Å²) in [5, 5.41) is 0. The number of aliphatic imine (C=N–C) groups is 1. The topological polar surface area (TPSA) is 56.8 Å². The highest BCUT2D eigenvalue weighted by Crippen LogP contribution is 2.43. The second kappa shape index (κ2) is 11.2. The molecular formula is C34H37FN4. The van der Waals surface area contributed by atoms with Gasteiger partial charge in [-0.25, -0.2) is 14.4 Å². The SMILES string of the molecule is CCc1ccc(-c2nc(C3CCCCC(C4=CCC=Nc5[nH]c(-c6ccc(F)cc6)cc54)CC3)[nH]c2C)cc1. The van der Waals surface area contributed by atoms with E-state index < -0.39 is 0 Å². The maximum atomic E-state index is 13.5. The Bertz CT molecular complexity index is 1490. The van der Waals surface area contributed by atoms with E-state index in [1.807, 2.05) is 18.3 Å². The molecule has 0 radical (unpaired) electrons. The van der Waals surface area contributed by atoms with E-state index in [4.69, 9.17) is 9.98 Å². The average Bonchev–Trinajstić information content (AvgIpc) is 3.48. The zero-order valence-corrected chi connectivity index (χ0v) is 22.9. The van der Waals surface area contributed by atoms with Crippen LogP contribution in [0.4, 0.5) is 10.2 Å². The first kappa shape index (κ1) is 25.5. The minimum atomic E-state index is -0.220. The van der Waals surface area contributed by atoms with E-state index in [0.717, 1.165) is 60.0 Å². The van der Waals surface area contributed by atoms with Crippen molar-refractivity contribution >= 4 is 17.6 Å². The first-order valence-electron chi connectivity index (χ1n) is 14.5. The van der Waals surface area contributed by atoms with Crippen LogP contribution in [-0.4, -0.2) is 21.2 Å². The van der Waals surface area contributed by atoms with Crippen LogP contribution < -0.4 is 0 Å². The van der Waals surface area contributed by atoms with Crippen molar-refractivity contribution in [3.8, 4) is 22.5 Å². The first-order chi connectivity index (χ1) is 19.1. The molecule has 4 nitrogen and oxygen atoms in total. The van der Waals surface area contributed by atoms with Crippen LogP contribution in [0, 0.1) is 18.7 Å². The lowest BCUT2D eigenvalue weighted by molar-refractivity contribution is 0.400. The van der Waals surface area contributed by atoms with E-state index in [2.05, 4.69) is 60.2 Å². The number of nitrogens with one attached hydrogen (secondary N) is 2. The average molecular weight is 521 g/mol. The molecule has 39 heavy (non-hydrogen) atoms. The molecule has 0 amide bonds. The number of nitrogens with zero attached hydrogens (tertiary/aromatic N) is 2. The monoisotopic (exact) mass is 520 g/mol. The number of hydrogen-bond acceptors (Lipinski definition) is 2. The van der Waals surface area contributed by atoms with Gasteiger partial charge in [0.25, 0.3) is 0 Å². The number of halogens is 1. The van der Waals surface area contributed by atoms with Crippen molar-refractivity contribution < 1.29 is 4.39 Å². The third-order valence-corrected chi connectivity index (χ3v) is 8.51. The molecule has 1 aliphatic carbocycles. The Labute approximate surface area is 230 Å². The number of aryl methyl sites for hydroxylation is 2. The summed E-state index contributed by atoms with van der Waals surface area (Å²) >= 11 is 0. The Kier molecular flexibility index (Phi) is 7.32. The van der Waals surface area contributed by atoms with Gasteiger partial charge in [0, 0.05) is 41.1 Å². The van der Waals surface area contributed by atoms with E-state index in [1.54, 1.807) is 0 Å². The fourth-order valence-electron chi connectivity index (χ4n) is 6.28. The lowest BCUT2D eigenvalue weighted by atomic mass is 9.79. The van der Waals surface area contributed by atoms with Gasteiger partial charge in [0.1, 0.15) is 17.5 Å². The minimum absolute atomic E-state index is 0.220. The number of imidazole rings is 1. The van der Waals surface area contributed by atoms with E-state index in [1.165, 1.54) is 60.1 Å². The van der Waals surface area contributed by atoms with Gasteiger partial charge in [-0.15, -0.1) is 0 Å². The number of hydrogen-bond donors (Lipinski definition) is 2. The van der Waals surface area contributed by atoms with Crippen molar-refractivity contribution in [2.24, 2.45) is 10.9 Å². The highest BCUT2D eigenvalue weighted by atomic mass is 19.1. The second-order valence-electron chi connectivity index (χ2n) is 11.1. The molecule has 2 aromatic heterocycles. The smallest absolute Gasteiger partial charge is 0.137 e. The Morgan fingerprint density at radius 2 is 1.59 bits per heavy atom. The van der Waals surface area contributed by atoms with Gasteiger partial charge in [-0.2, -0.15) is 0 Å². The van der Waals surface area contributed by atoms with Crippen LogP contribution >= 0.6 is 0 Å². The molecule has 2 aliphatic rings. The van der Waals surface area contributed by atoms with Gasteiger partial charge in [-0.1, -0.05) is 50.1 Å². The number of aromatic nitrogens is 3. The molecule has 2 aromatic carbocycles. The summed E-state index contributed by atoms with van der Waals surface area (Å²) in [6, 6.07) is 17.7. The zero-order chi connectivity index (χ0) is 26.8. The van der Waals surface area contributed by atoms with E-state index in [0.29, 0.717) is 11.8 Å². The number of rotatable bonds is 5. The lowest BCUT2D eigenvalue weighted by Crippen LogP contribution is -2.12. The summed E-state index contributed by atoms with van der Waals surface area (Å²) in [6.07, 6.45) is 13.3. The van der Waals surface area contributed by atoms with Crippen molar-refractivity contribution in [2.75, 3.05) is 0 Å². The third-order valence-electron chi connectivity index (χ3n) is 8.51. The van der Waals surface area contributed by atoms with E-state index in [-0.39, 0.29) is 5.82 Å². The first-order valence-corrected chi connectivity index (χ1v) is 14.5. The fourth-order valence-corrected chi connectivity index (χ4v) is 6.28. The Morgan fingerprint density at radius 1 is 0.872 bits per heavy atom. The molecule has 0 bridgehead atoms. The van der Waals surface area contributed by atoms with Gasteiger partial charge in [0.15, 0.2) is 0 Å². The van der Waals surface area contributed by atoms with Crippen LogP contribution in [0.2, 0.25) is 0 Å². The van der Waals surface area contributed by atoms with Crippen LogP contribution in [0.25, 0.3) is 28.1 Å². The summed E-state index contributed by atoms with van der Waals surface area (Å²) < 4.78 is 13.5. The molecule has 3 heterocycles. The Morgan fingerprint density at radius 3 is 2.36 bits per heavy atom. The molecule has 0 spiro atoms. The molecule has 6 rings (SSSR count). The van der Waals surface area contributed by atoms with Crippen LogP contribution in [-0.2, 0) is 6.42 Å². The summed E-state index contributed by atoms with van der Waals surface area (Å²) in [7, 11) is 0. The molecule has 0 saturated heterocycles. The van der Waals surface area contributed by atoms with Crippen molar-refractivity contribution in [1.29, 1.82) is 0 Å². The van der Waals surface area contributed by atoms with Crippen LogP contribution in [0.15, 0.2) is 65.7 Å². The van der Waals surface area contributed by atoms with Crippen LogP contribution in [0.3, 0.4) is 0 Å². The molecular weight excluding hydrogens is 483 g/mol. The summed E-state index contributed by atoms with van der Waals surface area (Å²) in [5.74, 6) is 2.77. The molecule has 5 heteroatoms. The van der Waals surface area contributed by atoms with E-state index >= 15 is 0 Å². The summed E-state index contributed by atoms with van der Waals surface area (Å²) in [6.45, 7) is 4.34. The van der Waals surface area contributed by atoms with Crippen molar-refractivity contribution in [3.05, 3.63) is 89.1 Å². The lowest BCUT2D eigenvalue weighted by Gasteiger charge is -2.26. The van der Waals surface area contributed by atoms with Gasteiger partial charge in [0.2, 0.25) is 0 Å². The molecule has 1 aliphatic heterocycles. The van der Waals surface area contributed by atoms with Crippen molar-refractivity contribution in [1.82, 2.24) is 15.0 Å². The predicted octanol–water partition coefficient (Wildman–Crippen LogP) is 9.33. The van der Waals surface area contributed by atoms with Crippen molar-refractivity contribution in [2.45, 2.75) is 71.1 Å². The maximum Gasteiger partial charge on any atom is 0.137 e. The molecule has 2 N–H and O–H groups in total. The minimum Gasteiger partial charge on any atom is -0.345 e. The standard InChI is InChI=1S/C34H37FN4/c1-3-23-10-12-26(13-11-23)32-22(2)37-33(39-32)27-8-5-4-7-24(14-15-27)29-9-6-20-36-34-30(29)21-31(38-34)25-16-18-28(35)19-17-25/h9-13,16-21,24,27,38H,3-8,14-15H2,1-2H3,(H,37,39). The van der Waals surface area contributed by atoms with Crippen LogP contribution in [0.5, 0.6) is 0 Å². The number of H-pyrrole nitrogens is 2. The number of fused-ring (bicyclic) bond motifs is 1. The zero-order valence-electron chi connectivity index (χ0n) is 22.9. The van der Waals surface area contributed by atoms with Gasteiger partial charge >= 0.3 is 0 Å². The van der Waals surface area contributed by atoms with Gasteiger partial charge < -0.3 is 9.97 Å². The van der Waals surface area contributed by atoms with Gasteiger partial charge in [0.05, 0.1) is 5.69 Å². The highest BCUT2D eigenvalue weighted by molar-refractivity contribution is 5.85. The normalized spacial score (nSPS) is 19.6. The molecule has 2 atom stereocenters. The number of allylic oxidation sites excluding steroid dienone is 2. The molecule has 2 unspecified atom stereocenters. The largest absolute Gasteiger partial charge is 0.345 e. The number of aromatic amines is 2.